The lowest BCUT2D eigenvalue weighted by Crippen LogP contribution is -2.33. The molecule has 1 unspecified atom stereocenters. The fourth-order valence-electron chi connectivity index (χ4n) is 3.31. The Hall–Kier alpha value is -0.0800. The summed E-state index contributed by atoms with van der Waals surface area (Å²) in [6.45, 7) is 3.78. The van der Waals surface area contributed by atoms with Gasteiger partial charge in [-0.25, -0.2) is 0 Å². The second kappa shape index (κ2) is 6.61. The van der Waals surface area contributed by atoms with E-state index >= 15 is 0 Å². The fourth-order valence-corrected chi connectivity index (χ4v) is 3.31. The first-order valence-electron chi connectivity index (χ1n) is 7.27. The van der Waals surface area contributed by atoms with Crippen LogP contribution in [0.5, 0.6) is 0 Å². The molecular formula is C14H28N2. The van der Waals surface area contributed by atoms with Crippen molar-refractivity contribution >= 4 is 0 Å². The molecule has 1 aliphatic heterocycles. The minimum atomic E-state index is 0.844. The molecule has 0 bridgehead atoms. The maximum atomic E-state index is 3.50. The van der Waals surface area contributed by atoms with Gasteiger partial charge in [-0.3, -0.25) is 0 Å². The third-order valence-electron chi connectivity index (χ3n) is 4.53. The van der Waals surface area contributed by atoms with Crippen LogP contribution in [-0.2, 0) is 0 Å². The van der Waals surface area contributed by atoms with Gasteiger partial charge < -0.3 is 10.2 Å². The second-order valence-electron chi connectivity index (χ2n) is 5.75. The van der Waals surface area contributed by atoms with E-state index in [1.807, 2.05) is 0 Å². The van der Waals surface area contributed by atoms with Gasteiger partial charge in [0.2, 0.25) is 0 Å². The highest BCUT2D eigenvalue weighted by atomic mass is 15.1. The third kappa shape index (κ3) is 3.74. The molecule has 94 valence electrons. The lowest BCUT2D eigenvalue weighted by molar-refractivity contribution is 0.209. The molecule has 1 heterocycles. The van der Waals surface area contributed by atoms with Crippen LogP contribution in [0.2, 0.25) is 0 Å². The molecule has 2 rings (SSSR count). The lowest BCUT2D eigenvalue weighted by Gasteiger charge is -2.27. The predicted octanol–water partition coefficient (Wildman–Crippen LogP) is 2.64. The van der Waals surface area contributed by atoms with Crippen LogP contribution in [0, 0.1) is 5.92 Å². The van der Waals surface area contributed by atoms with Crippen molar-refractivity contribution in [1.82, 2.24) is 10.2 Å². The summed E-state index contributed by atoms with van der Waals surface area (Å²) in [7, 11) is 2.34. The van der Waals surface area contributed by atoms with Crippen molar-refractivity contribution in [1.29, 1.82) is 0 Å². The first-order chi connectivity index (χ1) is 7.86. The Morgan fingerprint density at radius 2 is 1.81 bits per heavy atom. The molecule has 2 aliphatic rings. The molecule has 1 atom stereocenters. The molecule has 2 nitrogen and oxygen atoms in total. The average Bonchev–Trinajstić information content (AvgIpc) is 2.66. The van der Waals surface area contributed by atoms with Gasteiger partial charge in [-0.1, -0.05) is 25.7 Å². The third-order valence-corrected chi connectivity index (χ3v) is 4.53. The van der Waals surface area contributed by atoms with Crippen molar-refractivity contribution in [3.63, 3.8) is 0 Å². The van der Waals surface area contributed by atoms with Gasteiger partial charge in [0.05, 0.1) is 0 Å². The van der Waals surface area contributed by atoms with Crippen LogP contribution in [0.15, 0.2) is 0 Å². The highest BCUT2D eigenvalue weighted by Crippen LogP contribution is 2.28. The molecule has 1 saturated carbocycles. The zero-order valence-corrected chi connectivity index (χ0v) is 10.9. The molecule has 0 aromatic carbocycles. The highest BCUT2D eigenvalue weighted by Gasteiger charge is 2.19. The van der Waals surface area contributed by atoms with Gasteiger partial charge in [-0.05, 0) is 58.3 Å². The van der Waals surface area contributed by atoms with Gasteiger partial charge in [0, 0.05) is 6.04 Å². The molecule has 0 aromatic heterocycles. The topological polar surface area (TPSA) is 15.3 Å². The number of nitrogens with one attached hydrogen (secondary N) is 1. The van der Waals surface area contributed by atoms with E-state index in [-0.39, 0.29) is 0 Å². The smallest absolute Gasteiger partial charge is 0.0105 e. The summed E-state index contributed by atoms with van der Waals surface area (Å²) < 4.78 is 0. The van der Waals surface area contributed by atoms with Gasteiger partial charge in [-0.2, -0.15) is 0 Å². The van der Waals surface area contributed by atoms with Crippen molar-refractivity contribution < 1.29 is 0 Å². The number of hydrogen-bond donors (Lipinski definition) is 1. The SMILES string of the molecule is CN(CCC1CCCC1)C1CCCNCC1. The Bertz CT molecular complexity index is 179. The molecule has 0 radical (unpaired) electrons. The summed E-state index contributed by atoms with van der Waals surface area (Å²) in [6.07, 6.45) is 11.5. The van der Waals surface area contributed by atoms with Gasteiger partial charge >= 0.3 is 0 Å². The van der Waals surface area contributed by atoms with E-state index in [0.29, 0.717) is 0 Å². The summed E-state index contributed by atoms with van der Waals surface area (Å²) in [5.41, 5.74) is 0. The molecule has 16 heavy (non-hydrogen) atoms. The molecule has 0 aromatic rings. The van der Waals surface area contributed by atoms with Gasteiger partial charge in [0.15, 0.2) is 0 Å². The number of hydrogen-bond acceptors (Lipinski definition) is 2. The standard InChI is InChI=1S/C14H28N2/c1-16(12-9-13-5-2-3-6-13)14-7-4-10-15-11-8-14/h13-15H,2-12H2,1H3. The minimum absolute atomic E-state index is 0.844. The molecule has 0 spiro atoms. The first kappa shape index (κ1) is 12.4. The number of rotatable bonds is 4. The lowest BCUT2D eigenvalue weighted by atomic mass is 10.0. The fraction of sp³-hybridized carbons (Fsp3) is 1.00. The van der Waals surface area contributed by atoms with E-state index in [1.165, 1.54) is 71.0 Å². The van der Waals surface area contributed by atoms with Crippen LogP contribution in [0.4, 0.5) is 0 Å². The summed E-state index contributed by atoms with van der Waals surface area (Å²) in [5, 5.41) is 3.50. The van der Waals surface area contributed by atoms with Crippen LogP contribution in [0.1, 0.15) is 51.4 Å². The Morgan fingerprint density at radius 1 is 1.00 bits per heavy atom. The van der Waals surface area contributed by atoms with E-state index < -0.39 is 0 Å². The van der Waals surface area contributed by atoms with Crippen LogP contribution in [0.25, 0.3) is 0 Å². The van der Waals surface area contributed by atoms with E-state index in [9.17, 15) is 0 Å². The zero-order valence-electron chi connectivity index (χ0n) is 10.9. The van der Waals surface area contributed by atoms with Gasteiger partial charge in [-0.15, -0.1) is 0 Å². The second-order valence-corrected chi connectivity index (χ2v) is 5.75. The molecular weight excluding hydrogens is 196 g/mol. The van der Waals surface area contributed by atoms with E-state index in [0.717, 1.165) is 12.0 Å². The maximum absolute atomic E-state index is 3.50. The van der Waals surface area contributed by atoms with E-state index in [2.05, 4.69) is 17.3 Å². The molecule has 1 N–H and O–H groups in total. The molecule has 2 fully saturated rings. The Labute approximate surface area is 101 Å². The maximum Gasteiger partial charge on any atom is 0.0105 e. The Kier molecular flexibility index (Phi) is 5.11. The predicted molar refractivity (Wildman–Crippen MR) is 69.7 cm³/mol. The quantitative estimate of drug-likeness (QED) is 0.790. The van der Waals surface area contributed by atoms with Crippen molar-refractivity contribution in [3.05, 3.63) is 0 Å². The first-order valence-corrected chi connectivity index (χ1v) is 7.27. The normalized spacial score (nSPS) is 28.5. The Balaban J connectivity index is 1.66. The largest absolute Gasteiger partial charge is 0.317 e. The van der Waals surface area contributed by atoms with Crippen LogP contribution < -0.4 is 5.32 Å². The van der Waals surface area contributed by atoms with Crippen molar-refractivity contribution in [2.75, 3.05) is 26.7 Å². The van der Waals surface area contributed by atoms with Crippen molar-refractivity contribution in [3.8, 4) is 0 Å². The van der Waals surface area contributed by atoms with Crippen LogP contribution >= 0.6 is 0 Å². The summed E-state index contributed by atoms with van der Waals surface area (Å²) in [6, 6.07) is 0.844. The Morgan fingerprint density at radius 3 is 2.62 bits per heavy atom. The summed E-state index contributed by atoms with van der Waals surface area (Å²) in [5.74, 6) is 1.05. The highest BCUT2D eigenvalue weighted by molar-refractivity contribution is 4.75. The van der Waals surface area contributed by atoms with E-state index in [1.54, 1.807) is 0 Å². The zero-order chi connectivity index (χ0) is 11.2. The molecule has 2 heteroatoms. The van der Waals surface area contributed by atoms with Gasteiger partial charge in [0.1, 0.15) is 0 Å². The molecule has 0 amide bonds. The number of nitrogens with zero attached hydrogens (tertiary/aromatic N) is 1. The van der Waals surface area contributed by atoms with Crippen molar-refractivity contribution in [2.45, 2.75) is 57.4 Å². The molecule has 1 aliphatic carbocycles. The van der Waals surface area contributed by atoms with Crippen LogP contribution in [-0.4, -0.2) is 37.6 Å². The molecule has 1 saturated heterocycles. The van der Waals surface area contributed by atoms with Crippen molar-refractivity contribution in [2.24, 2.45) is 5.92 Å². The van der Waals surface area contributed by atoms with Gasteiger partial charge in [0.25, 0.3) is 0 Å². The average molecular weight is 224 g/mol. The summed E-state index contributed by atoms with van der Waals surface area (Å²) >= 11 is 0. The minimum Gasteiger partial charge on any atom is -0.317 e. The van der Waals surface area contributed by atoms with Crippen LogP contribution in [0.3, 0.4) is 0 Å². The monoisotopic (exact) mass is 224 g/mol. The summed E-state index contributed by atoms with van der Waals surface area (Å²) in [4.78, 5) is 2.63. The van der Waals surface area contributed by atoms with E-state index in [4.69, 9.17) is 0 Å².